The van der Waals surface area contributed by atoms with Gasteiger partial charge in [0.2, 0.25) is 0 Å². The van der Waals surface area contributed by atoms with Crippen molar-refractivity contribution in [3.05, 3.63) is 127 Å². The molecule has 0 aliphatic heterocycles. The van der Waals surface area contributed by atoms with Gasteiger partial charge < -0.3 is 4.42 Å². The van der Waals surface area contributed by atoms with Crippen LogP contribution in [-0.4, -0.2) is 15.0 Å². The minimum absolute atomic E-state index is 0.513. The van der Waals surface area contributed by atoms with Gasteiger partial charge in [-0.15, -0.1) is 11.3 Å². The zero-order valence-corrected chi connectivity index (χ0v) is 22.1. The molecule has 0 amide bonds. The summed E-state index contributed by atoms with van der Waals surface area (Å²) in [6.45, 7) is 0. The summed E-state index contributed by atoms with van der Waals surface area (Å²) in [6, 6.07) is 43.5. The second-order valence-corrected chi connectivity index (χ2v) is 10.7. The standard InChI is InChI=1S/C35H21N3OS/c1-2-10-22(11-3-1)23-13-8-14-25(20-23)33-36-34(38-35(37-33)30-21-24-12-4-6-18-29(24)39-30)28-17-9-16-27-26-15-5-7-19-31(26)40-32(27)28/h1-21H. The number of hydrogen-bond donors (Lipinski definition) is 0. The van der Waals surface area contributed by atoms with Crippen molar-refractivity contribution >= 4 is 42.5 Å². The maximum absolute atomic E-state index is 6.21. The minimum atomic E-state index is 0.513. The van der Waals surface area contributed by atoms with E-state index in [1.54, 1.807) is 11.3 Å². The van der Waals surface area contributed by atoms with Crippen molar-refractivity contribution in [1.82, 2.24) is 15.0 Å². The molecule has 5 aromatic carbocycles. The summed E-state index contributed by atoms with van der Waals surface area (Å²) >= 11 is 1.77. The third-order valence-electron chi connectivity index (χ3n) is 7.15. The summed E-state index contributed by atoms with van der Waals surface area (Å²) in [5.74, 6) is 2.37. The van der Waals surface area contributed by atoms with Crippen LogP contribution >= 0.6 is 11.3 Å². The molecule has 0 N–H and O–H groups in total. The van der Waals surface area contributed by atoms with Crippen LogP contribution in [-0.2, 0) is 0 Å². The molecule has 3 aromatic heterocycles. The van der Waals surface area contributed by atoms with Gasteiger partial charge in [0, 0.05) is 36.7 Å². The number of thiophene rings is 1. The summed E-state index contributed by atoms with van der Waals surface area (Å²) < 4.78 is 8.62. The molecule has 4 nitrogen and oxygen atoms in total. The van der Waals surface area contributed by atoms with Gasteiger partial charge in [0.15, 0.2) is 23.2 Å². The first-order valence-electron chi connectivity index (χ1n) is 13.1. The SMILES string of the molecule is c1ccc(-c2cccc(-c3nc(-c4cc5ccccc5o4)nc(-c4cccc5c4sc4ccccc45)n3)c2)cc1. The minimum Gasteiger partial charge on any atom is -0.453 e. The Bertz CT molecular complexity index is 2150. The maximum atomic E-state index is 6.21. The lowest BCUT2D eigenvalue weighted by Gasteiger charge is -2.09. The van der Waals surface area contributed by atoms with E-state index in [2.05, 4.69) is 72.8 Å². The van der Waals surface area contributed by atoms with Crippen LogP contribution < -0.4 is 0 Å². The molecule has 0 atom stereocenters. The largest absolute Gasteiger partial charge is 0.453 e. The Hall–Kier alpha value is -5.13. The van der Waals surface area contributed by atoms with E-state index in [1.165, 1.54) is 15.5 Å². The molecule has 0 bridgehead atoms. The van der Waals surface area contributed by atoms with Crippen molar-refractivity contribution in [2.24, 2.45) is 0 Å². The third kappa shape index (κ3) is 3.87. The monoisotopic (exact) mass is 531 g/mol. The Morgan fingerprint density at radius 2 is 1.20 bits per heavy atom. The van der Waals surface area contributed by atoms with E-state index in [4.69, 9.17) is 19.4 Å². The Morgan fingerprint density at radius 1 is 0.500 bits per heavy atom. The fourth-order valence-electron chi connectivity index (χ4n) is 5.22. The molecule has 8 aromatic rings. The normalized spacial score (nSPS) is 11.5. The molecule has 0 saturated heterocycles. The summed E-state index contributed by atoms with van der Waals surface area (Å²) in [7, 11) is 0. The first-order chi connectivity index (χ1) is 19.8. The van der Waals surface area contributed by atoms with E-state index >= 15 is 0 Å². The lowest BCUT2D eigenvalue weighted by atomic mass is 10.0. The third-order valence-corrected chi connectivity index (χ3v) is 8.37. The van der Waals surface area contributed by atoms with Crippen molar-refractivity contribution in [3.8, 4) is 45.5 Å². The molecule has 3 heterocycles. The lowest BCUT2D eigenvalue weighted by Crippen LogP contribution is -2.00. The highest BCUT2D eigenvalue weighted by Gasteiger charge is 2.18. The molecule has 5 heteroatoms. The average molecular weight is 532 g/mol. The summed E-state index contributed by atoms with van der Waals surface area (Å²) in [4.78, 5) is 15.0. The van der Waals surface area contributed by atoms with Crippen molar-refractivity contribution in [2.45, 2.75) is 0 Å². The highest BCUT2D eigenvalue weighted by Crippen LogP contribution is 2.40. The molecule has 0 spiro atoms. The van der Waals surface area contributed by atoms with Crippen molar-refractivity contribution in [1.29, 1.82) is 0 Å². The van der Waals surface area contributed by atoms with Crippen LogP contribution in [0.15, 0.2) is 132 Å². The van der Waals surface area contributed by atoms with E-state index in [-0.39, 0.29) is 0 Å². The van der Waals surface area contributed by atoms with Gasteiger partial charge in [-0.2, -0.15) is 0 Å². The van der Waals surface area contributed by atoms with Crippen LogP contribution in [0.3, 0.4) is 0 Å². The molecule has 0 aliphatic rings. The van der Waals surface area contributed by atoms with Crippen molar-refractivity contribution in [2.75, 3.05) is 0 Å². The van der Waals surface area contributed by atoms with Crippen LogP contribution in [0.5, 0.6) is 0 Å². The second kappa shape index (κ2) is 9.26. The van der Waals surface area contributed by atoms with Crippen molar-refractivity contribution < 1.29 is 4.42 Å². The number of rotatable bonds is 4. The Kier molecular flexibility index (Phi) is 5.28. The number of fused-ring (bicyclic) bond motifs is 4. The van der Waals surface area contributed by atoms with E-state index in [0.29, 0.717) is 23.2 Å². The Balaban J connectivity index is 1.36. The quantitative estimate of drug-likeness (QED) is 0.227. The second-order valence-electron chi connectivity index (χ2n) is 9.68. The first-order valence-corrected chi connectivity index (χ1v) is 13.9. The molecule has 0 unspecified atom stereocenters. The van der Waals surface area contributed by atoms with Crippen molar-refractivity contribution in [3.63, 3.8) is 0 Å². The van der Waals surface area contributed by atoms with Crippen LogP contribution in [0, 0.1) is 0 Å². The number of nitrogens with zero attached hydrogens (tertiary/aromatic N) is 3. The highest BCUT2D eigenvalue weighted by atomic mass is 32.1. The van der Waals surface area contributed by atoms with Gasteiger partial charge in [-0.3, -0.25) is 0 Å². The molecule has 188 valence electrons. The average Bonchev–Trinajstić information content (AvgIpc) is 3.63. The van der Waals surface area contributed by atoms with E-state index in [1.807, 2.05) is 54.6 Å². The maximum Gasteiger partial charge on any atom is 0.199 e. The molecule has 0 radical (unpaired) electrons. The van der Waals surface area contributed by atoms with Gasteiger partial charge in [0.25, 0.3) is 0 Å². The smallest absolute Gasteiger partial charge is 0.199 e. The van der Waals surface area contributed by atoms with Crippen LogP contribution in [0.4, 0.5) is 0 Å². The van der Waals surface area contributed by atoms with E-state index in [0.717, 1.165) is 37.9 Å². The molecular formula is C35H21N3OS. The van der Waals surface area contributed by atoms with Crippen LogP contribution in [0.25, 0.3) is 76.6 Å². The van der Waals surface area contributed by atoms with Crippen LogP contribution in [0.1, 0.15) is 0 Å². The Labute approximate surface area is 234 Å². The van der Waals surface area contributed by atoms with Gasteiger partial charge in [-0.25, -0.2) is 15.0 Å². The van der Waals surface area contributed by atoms with Gasteiger partial charge >= 0.3 is 0 Å². The topological polar surface area (TPSA) is 51.8 Å². The summed E-state index contributed by atoms with van der Waals surface area (Å²) in [5, 5.41) is 3.46. The molecule has 0 fully saturated rings. The lowest BCUT2D eigenvalue weighted by molar-refractivity contribution is 0.625. The first kappa shape index (κ1) is 22.8. The highest BCUT2D eigenvalue weighted by molar-refractivity contribution is 7.26. The molecule has 0 saturated carbocycles. The predicted octanol–water partition coefficient (Wildman–Crippen LogP) is 9.65. The predicted molar refractivity (Wildman–Crippen MR) is 164 cm³/mol. The number of aromatic nitrogens is 3. The number of furan rings is 1. The molecule has 8 rings (SSSR count). The van der Waals surface area contributed by atoms with E-state index < -0.39 is 0 Å². The fourth-order valence-corrected chi connectivity index (χ4v) is 6.43. The Morgan fingerprint density at radius 3 is 2.12 bits per heavy atom. The molecule has 0 aliphatic carbocycles. The zero-order valence-electron chi connectivity index (χ0n) is 21.3. The molecule has 40 heavy (non-hydrogen) atoms. The number of para-hydroxylation sites is 1. The van der Waals surface area contributed by atoms with Crippen LogP contribution in [0.2, 0.25) is 0 Å². The van der Waals surface area contributed by atoms with E-state index in [9.17, 15) is 0 Å². The van der Waals surface area contributed by atoms with Gasteiger partial charge in [0.1, 0.15) is 5.58 Å². The zero-order chi connectivity index (χ0) is 26.5. The number of hydrogen-bond acceptors (Lipinski definition) is 5. The number of benzene rings is 5. The fraction of sp³-hybridized carbons (Fsp3) is 0. The molecular weight excluding hydrogens is 510 g/mol. The van der Waals surface area contributed by atoms with Gasteiger partial charge in [-0.05, 0) is 41.5 Å². The summed E-state index contributed by atoms with van der Waals surface area (Å²) in [5.41, 5.74) is 4.96. The van der Waals surface area contributed by atoms with Gasteiger partial charge in [-0.1, -0.05) is 97.1 Å². The van der Waals surface area contributed by atoms with Gasteiger partial charge in [0.05, 0.1) is 0 Å². The summed E-state index contributed by atoms with van der Waals surface area (Å²) in [6.07, 6.45) is 0.